The van der Waals surface area contributed by atoms with Gasteiger partial charge in [-0.15, -0.1) is 0 Å². The minimum Gasteiger partial charge on any atom is -0.507 e. The van der Waals surface area contributed by atoms with Crippen molar-refractivity contribution in [2.24, 2.45) is 0 Å². The lowest BCUT2D eigenvalue weighted by Crippen LogP contribution is -2.36. The van der Waals surface area contributed by atoms with Gasteiger partial charge in [0.25, 0.3) is 11.7 Å². The van der Waals surface area contributed by atoms with Gasteiger partial charge in [0.1, 0.15) is 11.8 Å². The molecule has 150 valence electrons. The Balaban J connectivity index is 1.85. The predicted octanol–water partition coefficient (Wildman–Crippen LogP) is 3.30. The Morgan fingerprint density at radius 2 is 2.07 bits per heavy atom. The molecule has 0 bridgehead atoms. The van der Waals surface area contributed by atoms with E-state index in [1.807, 2.05) is 38.1 Å². The number of amides is 1. The molecule has 2 aliphatic rings. The van der Waals surface area contributed by atoms with Crippen molar-refractivity contribution in [3.05, 3.63) is 70.6 Å². The fraction of sp³-hybridized carbons (Fsp3) is 0.348. The zero-order valence-corrected chi connectivity index (χ0v) is 16.6. The van der Waals surface area contributed by atoms with Gasteiger partial charge in [0.2, 0.25) is 0 Å². The molecule has 0 spiro atoms. The van der Waals surface area contributed by atoms with E-state index in [9.17, 15) is 14.7 Å². The molecule has 2 unspecified atom stereocenters. The monoisotopic (exact) mass is 392 g/mol. The highest BCUT2D eigenvalue weighted by atomic mass is 16.5. The Bertz CT molecular complexity index is 978. The number of aryl methyl sites for hydroxylation is 2. The van der Waals surface area contributed by atoms with Gasteiger partial charge in [0.15, 0.2) is 0 Å². The van der Waals surface area contributed by atoms with Crippen LogP contribution in [0.15, 0.2) is 48.2 Å². The van der Waals surface area contributed by atoms with E-state index < -0.39 is 17.7 Å². The molecule has 2 aromatic rings. The standard InChI is InChI=1S/C23H24N2O4/c1-14-8-9-15(2)17(12-14)21(26)19-20(18-7-3-4-10-24-18)25(23(28)22(19)27)13-16-6-5-11-29-16/h3-4,7-10,12,16,20,26H,5-6,11,13H2,1-2H3/b21-19+. The Morgan fingerprint density at radius 3 is 2.76 bits per heavy atom. The first kappa shape index (κ1) is 19.3. The highest BCUT2D eigenvalue weighted by Gasteiger charge is 2.47. The molecule has 1 aromatic heterocycles. The summed E-state index contributed by atoms with van der Waals surface area (Å²) in [6.45, 7) is 4.75. The molecule has 29 heavy (non-hydrogen) atoms. The molecule has 3 heterocycles. The van der Waals surface area contributed by atoms with Crippen LogP contribution in [0, 0.1) is 13.8 Å². The summed E-state index contributed by atoms with van der Waals surface area (Å²) < 4.78 is 5.69. The number of aliphatic hydroxyl groups excluding tert-OH is 1. The van der Waals surface area contributed by atoms with Crippen molar-refractivity contribution >= 4 is 17.4 Å². The minimum absolute atomic E-state index is 0.0837. The van der Waals surface area contributed by atoms with E-state index in [4.69, 9.17) is 4.74 Å². The number of ether oxygens (including phenoxy) is 1. The van der Waals surface area contributed by atoms with E-state index in [1.165, 1.54) is 4.90 Å². The molecule has 1 amide bonds. The molecule has 1 aromatic carbocycles. The van der Waals surface area contributed by atoms with Crippen LogP contribution in [0.25, 0.3) is 5.76 Å². The number of aromatic nitrogens is 1. The molecular weight excluding hydrogens is 368 g/mol. The number of aliphatic hydroxyl groups is 1. The summed E-state index contributed by atoms with van der Waals surface area (Å²) in [5.41, 5.74) is 2.98. The quantitative estimate of drug-likeness (QED) is 0.491. The lowest BCUT2D eigenvalue weighted by Gasteiger charge is -2.26. The summed E-state index contributed by atoms with van der Waals surface area (Å²) in [6, 6.07) is 10.3. The van der Waals surface area contributed by atoms with E-state index in [0.717, 1.165) is 24.0 Å². The van der Waals surface area contributed by atoms with Gasteiger partial charge in [-0.2, -0.15) is 0 Å². The van der Waals surface area contributed by atoms with Crippen molar-refractivity contribution in [2.45, 2.75) is 38.8 Å². The fourth-order valence-electron chi connectivity index (χ4n) is 4.06. The van der Waals surface area contributed by atoms with Crippen LogP contribution in [0.1, 0.15) is 41.3 Å². The van der Waals surface area contributed by atoms with Crippen molar-refractivity contribution in [1.29, 1.82) is 0 Å². The molecule has 6 nitrogen and oxygen atoms in total. The molecule has 6 heteroatoms. The Morgan fingerprint density at radius 1 is 1.24 bits per heavy atom. The number of hydrogen-bond donors (Lipinski definition) is 1. The summed E-state index contributed by atoms with van der Waals surface area (Å²) in [4.78, 5) is 31.8. The predicted molar refractivity (Wildman–Crippen MR) is 108 cm³/mol. The Labute approximate surface area is 169 Å². The number of Topliss-reactive ketones (excluding diaryl/α,β-unsaturated/α-hetero) is 1. The van der Waals surface area contributed by atoms with Gasteiger partial charge < -0.3 is 14.7 Å². The minimum atomic E-state index is -0.736. The first-order valence-corrected chi connectivity index (χ1v) is 9.86. The average Bonchev–Trinajstić information content (AvgIpc) is 3.32. The molecule has 0 aliphatic carbocycles. The zero-order chi connectivity index (χ0) is 20.5. The van der Waals surface area contributed by atoms with Crippen molar-refractivity contribution < 1.29 is 19.4 Å². The topological polar surface area (TPSA) is 79.7 Å². The van der Waals surface area contributed by atoms with Gasteiger partial charge in [0, 0.05) is 24.9 Å². The lowest BCUT2D eigenvalue weighted by atomic mass is 9.95. The van der Waals surface area contributed by atoms with Crippen molar-refractivity contribution in [3.8, 4) is 0 Å². The molecule has 2 aliphatic heterocycles. The third kappa shape index (κ3) is 3.56. The number of benzene rings is 1. The second-order valence-electron chi connectivity index (χ2n) is 7.66. The lowest BCUT2D eigenvalue weighted by molar-refractivity contribution is -0.140. The van der Waals surface area contributed by atoms with Gasteiger partial charge in [-0.1, -0.05) is 23.8 Å². The number of pyridine rings is 1. The van der Waals surface area contributed by atoms with E-state index >= 15 is 0 Å². The number of rotatable bonds is 4. The summed E-state index contributed by atoms with van der Waals surface area (Å²) >= 11 is 0. The Hall–Kier alpha value is -2.99. The van der Waals surface area contributed by atoms with Crippen LogP contribution in [-0.4, -0.2) is 45.9 Å². The zero-order valence-electron chi connectivity index (χ0n) is 16.6. The van der Waals surface area contributed by atoms with Crippen molar-refractivity contribution in [1.82, 2.24) is 9.88 Å². The van der Waals surface area contributed by atoms with Crippen LogP contribution in [0.3, 0.4) is 0 Å². The van der Waals surface area contributed by atoms with Gasteiger partial charge >= 0.3 is 0 Å². The highest BCUT2D eigenvalue weighted by Crippen LogP contribution is 2.39. The number of hydrogen-bond acceptors (Lipinski definition) is 5. The van der Waals surface area contributed by atoms with E-state index in [-0.39, 0.29) is 17.4 Å². The largest absolute Gasteiger partial charge is 0.507 e. The van der Waals surface area contributed by atoms with Crippen LogP contribution >= 0.6 is 0 Å². The summed E-state index contributed by atoms with van der Waals surface area (Å²) in [6.07, 6.45) is 3.29. The first-order valence-electron chi connectivity index (χ1n) is 9.86. The molecule has 4 rings (SSSR count). The van der Waals surface area contributed by atoms with Gasteiger partial charge in [-0.3, -0.25) is 14.6 Å². The SMILES string of the molecule is Cc1ccc(C)c(/C(O)=C2\C(=O)C(=O)N(CC3CCCO3)C2c2ccccn2)c1. The number of carbonyl (C=O) groups excluding carboxylic acids is 2. The second-order valence-corrected chi connectivity index (χ2v) is 7.66. The molecule has 0 radical (unpaired) electrons. The maximum atomic E-state index is 13.0. The van der Waals surface area contributed by atoms with E-state index in [0.29, 0.717) is 24.4 Å². The van der Waals surface area contributed by atoms with E-state index in [1.54, 1.807) is 18.3 Å². The molecule has 2 saturated heterocycles. The number of ketones is 1. The maximum absolute atomic E-state index is 13.0. The summed E-state index contributed by atoms with van der Waals surface area (Å²) in [5, 5.41) is 11.1. The van der Waals surface area contributed by atoms with Gasteiger partial charge in [-0.05, 0) is 50.5 Å². The first-order chi connectivity index (χ1) is 14.0. The molecule has 0 saturated carbocycles. The van der Waals surface area contributed by atoms with Crippen LogP contribution in [0.4, 0.5) is 0 Å². The average molecular weight is 392 g/mol. The molecule has 2 fully saturated rings. The second kappa shape index (κ2) is 7.79. The van der Waals surface area contributed by atoms with Crippen LogP contribution < -0.4 is 0 Å². The number of nitrogens with zero attached hydrogens (tertiary/aromatic N) is 2. The van der Waals surface area contributed by atoms with Crippen LogP contribution in [0.2, 0.25) is 0 Å². The van der Waals surface area contributed by atoms with Crippen molar-refractivity contribution in [3.63, 3.8) is 0 Å². The number of likely N-dealkylation sites (tertiary alicyclic amines) is 1. The van der Waals surface area contributed by atoms with Gasteiger partial charge in [-0.25, -0.2) is 0 Å². The summed E-state index contributed by atoms with van der Waals surface area (Å²) in [5.74, 6) is -1.46. The van der Waals surface area contributed by atoms with Crippen molar-refractivity contribution in [2.75, 3.05) is 13.2 Å². The normalized spacial score (nSPS) is 23.7. The number of carbonyl (C=O) groups is 2. The van der Waals surface area contributed by atoms with Crippen LogP contribution in [0.5, 0.6) is 0 Å². The summed E-state index contributed by atoms with van der Waals surface area (Å²) in [7, 11) is 0. The molecule has 1 N–H and O–H groups in total. The Kier molecular flexibility index (Phi) is 5.20. The smallest absolute Gasteiger partial charge is 0.295 e. The van der Waals surface area contributed by atoms with Crippen LogP contribution in [-0.2, 0) is 14.3 Å². The molecular formula is C23H24N2O4. The maximum Gasteiger partial charge on any atom is 0.295 e. The third-order valence-electron chi connectivity index (χ3n) is 5.58. The molecule has 2 atom stereocenters. The van der Waals surface area contributed by atoms with E-state index in [2.05, 4.69) is 4.98 Å². The third-order valence-corrected chi connectivity index (χ3v) is 5.58. The highest BCUT2D eigenvalue weighted by molar-refractivity contribution is 6.46. The fourth-order valence-corrected chi connectivity index (χ4v) is 4.06. The van der Waals surface area contributed by atoms with Gasteiger partial charge in [0.05, 0.1) is 17.4 Å².